The van der Waals surface area contributed by atoms with Crippen LogP contribution in [-0.4, -0.2) is 43.2 Å². The highest BCUT2D eigenvalue weighted by molar-refractivity contribution is 7.07. The van der Waals surface area contributed by atoms with Crippen molar-refractivity contribution in [3.8, 4) is 0 Å². The topological polar surface area (TPSA) is 38.8 Å². The number of hydrogen-bond acceptors (Lipinski definition) is 4. The Kier molecular flexibility index (Phi) is 7.03. The van der Waals surface area contributed by atoms with Gasteiger partial charge in [0.05, 0.1) is 32.3 Å². The molecule has 1 fully saturated rings. The van der Waals surface area contributed by atoms with E-state index in [4.69, 9.17) is 9.47 Å². The molecule has 1 amide bonds. The van der Waals surface area contributed by atoms with Crippen molar-refractivity contribution in [3.05, 3.63) is 58.3 Å². The van der Waals surface area contributed by atoms with E-state index in [2.05, 4.69) is 12.1 Å². The van der Waals surface area contributed by atoms with Crippen LogP contribution in [0.4, 0.5) is 0 Å². The average molecular weight is 359 g/mol. The van der Waals surface area contributed by atoms with Gasteiger partial charge in [0, 0.05) is 13.1 Å². The maximum absolute atomic E-state index is 12.3. The van der Waals surface area contributed by atoms with Crippen molar-refractivity contribution in [1.29, 1.82) is 0 Å². The van der Waals surface area contributed by atoms with Gasteiger partial charge in [-0.1, -0.05) is 30.3 Å². The average Bonchev–Trinajstić information content (AvgIpc) is 3.16. The molecule has 5 heteroatoms. The van der Waals surface area contributed by atoms with Crippen molar-refractivity contribution in [1.82, 2.24) is 4.90 Å². The van der Waals surface area contributed by atoms with Gasteiger partial charge in [0.2, 0.25) is 5.91 Å². The van der Waals surface area contributed by atoms with Crippen molar-refractivity contribution >= 4 is 17.2 Å². The molecule has 0 spiro atoms. The van der Waals surface area contributed by atoms with Gasteiger partial charge in [0.25, 0.3) is 0 Å². The van der Waals surface area contributed by atoms with E-state index >= 15 is 0 Å². The molecular weight excluding hydrogens is 334 g/mol. The first-order valence-corrected chi connectivity index (χ1v) is 9.77. The first-order valence-electron chi connectivity index (χ1n) is 8.83. The van der Waals surface area contributed by atoms with Gasteiger partial charge in [-0.05, 0) is 40.8 Å². The van der Waals surface area contributed by atoms with Gasteiger partial charge in [-0.15, -0.1) is 0 Å². The Balaban J connectivity index is 1.27. The molecule has 1 aliphatic heterocycles. The normalized spacial score (nSPS) is 15.4. The Morgan fingerprint density at radius 2 is 1.88 bits per heavy atom. The van der Waals surface area contributed by atoms with E-state index in [0.717, 1.165) is 31.5 Å². The smallest absolute Gasteiger partial charge is 0.227 e. The maximum Gasteiger partial charge on any atom is 0.227 e. The van der Waals surface area contributed by atoms with Gasteiger partial charge in [-0.25, -0.2) is 0 Å². The van der Waals surface area contributed by atoms with Crippen LogP contribution in [0.25, 0.3) is 0 Å². The molecule has 25 heavy (non-hydrogen) atoms. The van der Waals surface area contributed by atoms with E-state index < -0.39 is 0 Å². The third-order valence-corrected chi connectivity index (χ3v) is 5.15. The Hall–Kier alpha value is -1.69. The lowest BCUT2D eigenvalue weighted by atomic mass is 10.1. The van der Waals surface area contributed by atoms with Gasteiger partial charge >= 0.3 is 0 Å². The zero-order chi connectivity index (χ0) is 17.3. The predicted octanol–water partition coefficient (Wildman–Crippen LogP) is 3.52. The van der Waals surface area contributed by atoms with Gasteiger partial charge in [0.1, 0.15) is 0 Å². The highest BCUT2D eigenvalue weighted by Gasteiger charge is 2.23. The minimum absolute atomic E-state index is 0.225. The van der Waals surface area contributed by atoms with E-state index in [1.807, 2.05) is 39.9 Å². The number of rotatable bonds is 8. The van der Waals surface area contributed by atoms with Crippen molar-refractivity contribution < 1.29 is 14.3 Å². The second-order valence-electron chi connectivity index (χ2n) is 6.30. The summed E-state index contributed by atoms with van der Waals surface area (Å²) < 4.78 is 11.5. The first kappa shape index (κ1) is 18.1. The number of amides is 1. The molecule has 0 bridgehead atoms. The van der Waals surface area contributed by atoms with E-state index in [0.29, 0.717) is 26.2 Å². The Morgan fingerprint density at radius 1 is 1.08 bits per heavy atom. The molecule has 1 saturated heterocycles. The van der Waals surface area contributed by atoms with Crippen LogP contribution in [0.1, 0.15) is 24.0 Å². The molecular formula is C20H25NO3S. The molecule has 1 aliphatic rings. The minimum atomic E-state index is 0.225. The summed E-state index contributed by atoms with van der Waals surface area (Å²) in [6, 6.07) is 12.2. The predicted molar refractivity (Wildman–Crippen MR) is 99.7 cm³/mol. The fourth-order valence-corrected chi connectivity index (χ4v) is 3.66. The van der Waals surface area contributed by atoms with Crippen LogP contribution in [0.2, 0.25) is 0 Å². The number of ether oxygens (including phenoxy) is 2. The van der Waals surface area contributed by atoms with Crippen LogP contribution >= 0.6 is 11.3 Å². The number of likely N-dealkylation sites (tertiary alicyclic amines) is 1. The quantitative estimate of drug-likeness (QED) is 0.677. The summed E-state index contributed by atoms with van der Waals surface area (Å²) in [5, 5.41) is 4.06. The van der Waals surface area contributed by atoms with Crippen LogP contribution in [0.5, 0.6) is 0 Å². The summed E-state index contributed by atoms with van der Waals surface area (Å²) >= 11 is 1.64. The molecule has 0 atom stereocenters. The fraction of sp³-hybridized carbons (Fsp3) is 0.450. The fourth-order valence-electron chi connectivity index (χ4n) is 2.99. The Bertz CT molecular complexity index is 622. The zero-order valence-electron chi connectivity index (χ0n) is 14.4. The number of piperidine rings is 1. The third-order valence-electron chi connectivity index (χ3n) is 4.42. The van der Waals surface area contributed by atoms with E-state index in [-0.39, 0.29) is 12.0 Å². The lowest BCUT2D eigenvalue weighted by Crippen LogP contribution is -2.41. The molecule has 0 saturated carbocycles. The SMILES string of the molecule is O=C(Cc1ccsc1)N1CCC(OCCOCc2ccccc2)CC1. The van der Waals surface area contributed by atoms with Crippen LogP contribution in [-0.2, 0) is 27.3 Å². The molecule has 2 heterocycles. The number of benzene rings is 1. The largest absolute Gasteiger partial charge is 0.376 e. The maximum atomic E-state index is 12.3. The van der Waals surface area contributed by atoms with Gasteiger partial charge in [0.15, 0.2) is 0 Å². The molecule has 0 radical (unpaired) electrons. The summed E-state index contributed by atoms with van der Waals surface area (Å²) in [5.74, 6) is 0.225. The van der Waals surface area contributed by atoms with Crippen molar-refractivity contribution in [2.45, 2.75) is 32.0 Å². The Morgan fingerprint density at radius 3 is 2.60 bits per heavy atom. The Labute approximate surface area is 153 Å². The number of carbonyl (C=O) groups excluding carboxylic acids is 1. The van der Waals surface area contributed by atoms with Gasteiger partial charge in [-0.3, -0.25) is 4.79 Å². The third kappa shape index (κ3) is 5.96. The zero-order valence-corrected chi connectivity index (χ0v) is 15.2. The standard InChI is InChI=1S/C20H25NO3S/c22-20(14-18-8-13-25-16-18)21-9-6-19(7-10-21)24-12-11-23-15-17-4-2-1-3-5-17/h1-5,8,13,16,19H,6-7,9-12,14-15H2. The summed E-state index contributed by atoms with van der Waals surface area (Å²) in [4.78, 5) is 14.2. The first-order chi connectivity index (χ1) is 12.3. The summed E-state index contributed by atoms with van der Waals surface area (Å²) in [6.45, 7) is 3.42. The molecule has 4 nitrogen and oxygen atoms in total. The van der Waals surface area contributed by atoms with E-state index in [1.54, 1.807) is 11.3 Å². The van der Waals surface area contributed by atoms with E-state index in [9.17, 15) is 4.79 Å². The highest BCUT2D eigenvalue weighted by Crippen LogP contribution is 2.16. The van der Waals surface area contributed by atoms with Crippen LogP contribution in [0, 0.1) is 0 Å². The van der Waals surface area contributed by atoms with Crippen molar-refractivity contribution in [2.24, 2.45) is 0 Å². The van der Waals surface area contributed by atoms with Crippen molar-refractivity contribution in [3.63, 3.8) is 0 Å². The minimum Gasteiger partial charge on any atom is -0.376 e. The van der Waals surface area contributed by atoms with E-state index in [1.165, 1.54) is 5.56 Å². The number of hydrogen-bond donors (Lipinski definition) is 0. The lowest BCUT2D eigenvalue weighted by Gasteiger charge is -2.32. The lowest BCUT2D eigenvalue weighted by molar-refractivity contribution is -0.133. The molecule has 0 N–H and O–H groups in total. The second kappa shape index (κ2) is 9.70. The molecule has 0 aliphatic carbocycles. The molecule has 0 unspecified atom stereocenters. The molecule has 1 aromatic heterocycles. The molecule has 2 aromatic rings. The van der Waals surface area contributed by atoms with Gasteiger partial charge < -0.3 is 14.4 Å². The van der Waals surface area contributed by atoms with Crippen LogP contribution in [0.15, 0.2) is 47.2 Å². The van der Waals surface area contributed by atoms with Gasteiger partial charge in [-0.2, -0.15) is 11.3 Å². The monoisotopic (exact) mass is 359 g/mol. The summed E-state index contributed by atoms with van der Waals surface area (Å²) in [5.41, 5.74) is 2.30. The summed E-state index contributed by atoms with van der Waals surface area (Å²) in [7, 11) is 0. The highest BCUT2D eigenvalue weighted by atomic mass is 32.1. The second-order valence-corrected chi connectivity index (χ2v) is 7.08. The van der Waals surface area contributed by atoms with Crippen LogP contribution in [0.3, 0.4) is 0 Å². The number of thiophene rings is 1. The van der Waals surface area contributed by atoms with Crippen LogP contribution < -0.4 is 0 Å². The number of nitrogens with zero attached hydrogens (tertiary/aromatic N) is 1. The van der Waals surface area contributed by atoms with Crippen molar-refractivity contribution in [2.75, 3.05) is 26.3 Å². The summed E-state index contributed by atoms with van der Waals surface area (Å²) in [6.07, 6.45) is 2.58. The molecule has 134 valence electrons. The molecule has 3 rings (SSSR count). The molecule has 1 aromatic carbocycles. The number of carbonyl (C=O) groups is 1.